The summed E-state index contributed by atoms with van der Waals surface area (Å²) in [6, 6.07) is 5.65. The molecule has 1 aromatic rings. The molecule has 2 N–H and O–H groups in total. The molecule has 1 aliphatic heterocycles. The van der Waals surface area contributed by atoms with E-state index in [-0.39, 0.29) is 5.82 Å². The van der Waals surface area contributed by atoms with Crippen molar-refractivity contribution in [2.24, 2.45) is 0 Å². The van der Waals surface area contributed by atoms with Gasteiger partial charge in [-0.25, -0.2) is 4.39 Å². The van der Waals surface area contributed by atoms with Crippen LogP contribution in [0.2, 0.25) is 0 Å². The van der Waals surface area contributed by atoms with E-state index in [1.54, 1.807) is 12.1 Å². The Bertz CT molecular complexity index is 349. The maximum atomic E-state index is 13.3. The molecule has 0 aromatic heterocycles. The van der Waals surface area contributed by atoms with Gasteiger partial charge in [0.15, 0.2) is 0 Å². The van der Waals surface area contributed by atoms with E-state index in [0.29, 0.717) is 10.5 Å². The van der Waals surface area contributed by atoms with Gasteiger partial charge in [0.1, 0.15) is 5.82 Å². The van der Waals surface area contributed by atoms with Crippen molar-refractivity contribution >= 4 is 21.6 Å². The van der Waals surface area contributed by atoms with Crippen LogP contribution in [0.5, 0.6) is 0 Å². The van der Waals surface area contributed by atoms with Crippen molar-refractivity contribution in [3.05, 3.63) is 28.5 Å². The number of halogens is 2. The van der Waals surface area contributed by atoms with Gasteiger partial charge < -0.3 is 10.6 Å². The lowest BCUT2D eigenvalue weighted by Crippen LogP contribution is -2.21. The molecule has 0 radical (unpaired) electrons. The SMILES string of the molecule is Fc1cc(NC2CCCNCC2)ccc1Br. The summed E-state index contributed by atoms with van der Waals surface area (Å²) in [5, 5.41) is 6.75. The molecule has 1 heterocycles. The third-order valence-corrected chi connectivity index (χ3v) is 3.51. The Morgan fingerprint density at radius 3 is 3.00 bits per heavy atom. The van der Waals surface area contributed by atoms with Crippen LogP contribution in [0.3, 0.4) is 0 Å². The van der Waals surface area contributed by atoms with E-state index in [2.05, 4.69) is 26.6 Å². The third kappa shape index (κ3) is 3.19. The Hall–Kier alpha value is -0.610. The van der Waals surface area contributed by atoms with Gasteiger partial charge in [-0.1, -0.05) is 0 Å². The van der Waals surface area contributed by atoms with Crippen LogP contribution >= 0.6 is 15.9 Å². The van der Waals surface area contributed by atoms with Crippen molar-refractivity contribution in [1.82, 2.24) is 5.32 Å². The number of anilines is 1. The average molecular weight is 287 g/mol. The van der Waals surface area contributed by atoms with Gasteiger partial charge in [0, 0.05) is 11.7 Å². The highest BCUT2D eigenvalue weighted by atomic mass is 79.9. The van der Waals surface area contributed by atoms with E-state index in [0.717, 1.165) is 31.6 Å². The summed E-state index contributed by atoms with van der Waals surface area (Å²) in [6.07, 6.45) is 3.42. The Morgan fingerprint density at radius 1 is 1.31 bits per heavy atom. The quantitative estimate of drug-likeness (QED) is 0.873. The summed E-state index contributed by atoms with van der Waals surface area (Å²) in [5.74, 6) is -0.211. The second-order valence-electron chi connectivity index (χ2n) is 4.15. The van der Waals surface area contributed by atoms with Crippen LogP contribution in [0.1, 0.15) is 19.3 Å². The van der Waals surface area contributed by atoms with Crippen molar-refractivity contribution in [1.29, 1.82) is 0 Å². The number of hydrogen-bond donors (Lipinski definition) is 2. The molecule has 0 saturated carbocycles. The maximum absolute atomic E-state index is 13.3. The smallest absolute Gasteiger partial charge is 0.139 e. The van der Waals surface area contributed by atoms with Gasteiger partial charge in [-0.15, -0.1) is 0 Å². The zero-order valence-corrected chi connectivity index (χ0v) is 10.7. The van der Waals surface area contributed by atoms with E-state index in [4.69, 9.17) is 0 Å². The van der Waals surface area contributed by atoms with Crippen LogP contribution in [0.4, 0.5) is 10.1 Å². The predicted octanol–water partition coefficient (Wildman–Crippen LogP) is 3.14. The summed E-state index contributed by atoms with van der Waals surface area (Å²) in [7, 11) is 0. The van der Waals surface area contributed by atoms with E-state index < -0.39 is 0 Å². The highest BCUT2D eigenvalue weighted by Crippen LogP contribution is 2.21. The van der Waals surface area contributed by atoms with Gasteiger partial charge in [-0.3, -0.25) is 0 Å². The minimum Gasteiger partial charge on any atom is -0.382 e. The van der Waals surface area contributed by atoms with Gasteiger partial charge in [-0.05, 0) is 66.5 Å². The van der Waals surface area contributed by atoms with Gasteiger partial charge in [0.2, 0.25) is 0 Å². The Kier molecular flexibility index (Phi) is 4.18. The van der Waals surface area contributed by atoms with Crippen LogP contribution in [-0.2, 0) is 0 Å². The molecule has 0 amide bonds. The minimum absolute atomic E-state index is 0.211. The molecule has 0 aliphatic carbocycles. The van der Waals surface area contributed by atoms with Crippen molar-refractivity contribution in [2.75, 3.05) is 18.4 Å². The average Bonchev–Trinajstić information content (AvgIpc) is 2.52. The van der Waals surface area contributed by atoms with Crippen LogP contribution in [0, 0.1) is 5.82 Å². The summed E-state index contributed by atoms with van der Waals surface area (Å²) in [6.45, 7) is 2.13. The van der Waals surface area contributed by atoms with Gasteiger partial charge in [0.05, 0.1) is 4.47 Å². The van der Waals surface area contributed by atoms with Crippen LogP contribution in [-0.4, -0.2) is 19.1 Å². The maximum Gasteiger partial charge on any atom is 0.139 e. The molecule has 0 bridgehead atoms. The molecular weight excluding hydrogens is 271 g/mol. The van der Waals surface area contributed by atoms with E-state index in [1.807, 2.05) is 6.07 Å². The van der Waals surface area contributed by atoms with Crippen molar-refractivity contribution in [2.45, 2.75) is 25.3 Å². The van der Waals surface area contributed by atoms with Crippen LogP contribution < -0.4 is 10.6 Å². The van der Waals surface area contributed by atoms with Crippen LogP contribution in [0.15, 0.2) is 22.7 Å². The summed E-state index contributed by atoms with van der Waals surface area (Å²) >= 11 is 3.15. The minimum atomic E-state index is -0.211. The standard InChI is InChI=1S/C12H16BrFN2/c13-11-4-3-10(8-12(11)14)16-9-2-1-6-15-7-5-9/h3-4,8-9,15-16H,1-2,5-7H2. The van der Waals surface area contributed by atoms with Gasteiger partial charge in [-0.2, -0.15) is 0 Å². The molecule has 2 rings (SSSR count). The molecule has 1 atom stereocenters. The largest absolute Gasteiger partial charge is 0.382 e. The highest BCUT2D eigenvalue weighted by Gasteiger charge is 2.11. The van der Waals surface area contributed by atoms with Gasteiger partial charge in [0.25, 0.3) is 0 Å². The van der Waals surface area contributed by atoms with E-state index >= 15 is 0 Å². The summed E-state index contributed by atoms with van der Waals surface area (Å²) in [5.41, 5.74) is 0.868. The van der Waals surface area contributed by atoms with E-state index in [9.17, 15) is 4.39 Å². The van der Waals surface area contributed by atoms with Crippen molar-refractivity contribution < 1.29 is 4.39 Å². The molecule has 1 fully saturated rings. The summed E-state index contributed by atoms with van der Waals surface area (Å²) < 4.78 is 13.8. The monoisotopic (exact) mass is 286 g/mol. The molecule has 0 spiro atoms. The first kappa shape index (κ1) is 11.9. The molecule has 1 saturated heterocycles. The Labute approximate surface area is 104 Å². The lowest BCUT2D eigenvalue weighted by molar-refractivity contribution is 0.616. The topological polar surface area (TPSA) is 24.1 Å². The fourth-order valence-corrected chi connectivity index (χ4v) is 2.23. The van der Waals surface area contributed by atoms with Gasteiger partial charge >= 0.3 is 0 Å². The third-order valence-electron chi connectivity index (χ3n) is 2.87. The first-order valence-electron chi connectivity index (χ1n) is 5.68. The van der Waals surface area contributed by atoms with E-state index in [1.165, 1.54) is 6.42 Å². The molecule has 1 aromatic carbocycles. The Morgan fingerprint density at radius 2 is 2.19 bits per heavy atom. The molecule has 1 aliphatic rings. The molecule has 4 heteroatoms. The predicted molar refractivity (Wildman–Crippen MR) is 68.2 cm³/mol. The molecule has 1 unspecified atom stereocenters. The molecule has 16 heavy (non-hydrogen) atoms. The first-order valence-corrected chi connectivity index (χ1v) is 6.47. The fourth-order valence-electron chi connectivity index (χ4n) is 1.99. The lowest BCUT2D eigenvalue weighted by Gasteiger charge is -2.17. The molecule has 88 valence electrons. The lowest BCUT2D eigenvalue weighted by atomic mass is 10.1. The molecular formula is C12H16BrFN2. The van der Waals surface area contributed by atoms with Crippen molar-refractivity contribution in [3.63, 3.8) is 0 Å². The zero-order valence-electron chi connectivity index (χ0n) is 9.10. The second-order valence-corrected chi connectivity index (χ2v) is 5.01. The first-order chi connectivity index (χ1) is 7.75. The number of rotatable bonds is 2. The highest BCUT2D eigenvalue weighted by molar-refractivity contribution is 9.10. The number of nitrogens with one attached hydrogen (secondary N) is 2. The summed E-state index contributed by atoms with van der Waals surface area (Å²) in [4.78, 5) is 0. The zero-order chi connectivity index (χ0) is 11.4. The fraction of sp³-hybridized carbons (Fsp3) is 0.500. The normalized spacial score (nSPS) is 21.5. The number of benzene rings is 1. The Balaban J connectivity index is 1.99. The van der Waals surface area contributed by atoms with Crippen molar-refractivity contribution in [3.8, 4) is 0 Å². The number of hydrogen-bond acceptors (Lipinski definition) is 2. The second kappa shape index (κ2) is 5.64. The van der Waals surface area contributed by atoms with Crippen LogP contribution in [0.25, 0.3) is 0 Å². The molecule has 2 nitrogen and oxygen atoms in total.